The Hall–Kier alpha value is -4.82. The fourth-order valence-corrected chi connectivity index (χ4v) is 6.39. The average Bonchev–Trinajstić information content (AvgIpc) is 3.57. The van der Waals surface area contributed by atoms with E-state index in [0.29, 0.717) is 26.5 Å². The first-order valence-electron chi connectivity index (χ1n) is 14.2. The number of carbonyl (C=O) groups excluding carboxylic acids is 1. The SMILES string of the molecule is COC(=O)C1=C(C)N=c2s/c(=C\c3cn(-c4ccccc4)nc3-c3ccc(C)cc3)c(=O)n2C1c1ccc(C(C)C)cc1. The van der Waals surface area contributed by atoms with Gasteiger partial charge >= 0.3 is 5.97 Å². The Labute approximate surface area is 253 Å². The van der Waals surface area contributed by atoms with Crippen molar-refractivity contribution in [1.82, 2.24) is 14.3 Å². The third-order valence-corrected chi connectivity index (χ3v) is 8.70. The summed E-state index contributed by atoms with van der Waals surface area (Å²) >= 11 is 1.30. The number of carbonyl (C=O) groups is 1. The minimum Gasteiger partial charge on any atom is -0.466 e. The number of esters is 1. The van der Waals surface area contributed by atoms with E-state index in [2.05, 4.69) is 26.0 Å². The van der Waals surface area contributed by atoms with E-state index in [9.17, 15) is 9.59 Å². The monoisotopic (exact) mass is 588 g/mol. The minimum atomic E-state index is -0.657. The molecule has 2 aromatic heterocycles. The van der Waals surface area contributed by atoms with Gasteiger partial charge in [0, 0.05) is 17.3 Å². The van der Waals surface area contributed by atoms with E-state index < -0.39 is 12.0 Å². The van der Waals surface area contributed by atoms with Gasteiger partial charge in [-0.2, -0.15) is 5.10 Å². The van der Waals surface area contributed by atoms with Crippen LogP contribution in [0.1, 0.15) is 55.0 Å². The number of aryl methyl sites for hydroxylation is 1. The van der Waals surface area contributed by atoms with Crippen LogP contribution in [0.5, 0.6) is 0 Å². The molecular weight excluding hydrogens is 556 g/mol. The number of methoxy groups -OCH3 is 1. The molecule has 0 radical (unpaired) electrons. The number of nitrogens with zero attached hydrogens (tertiary/aromatic N) is 4. The molecule has 0 amide bonds. The molecule has 0 saturated carbocycles. The van der Waals surface area contributed by atoms with Gasteiger partial charge in [-0.15, -0.1) is 0 Å². The number of hydrogen-bond donors (Lipinski definition) is 0. The smallest absolute Gasteiger partial charge is 0.338 e. The summed E-state index contributed by atoms with van der Waals surface area (Å²) in [4.78, 5) is 32.5. The highest BCUT2D eigenvalue weighted by Gasteiger charge is 2.33. The van der Waals surface area contributed by atoms with Crippen LogP contribution < -0.4 is 14.9 Å². The molecule has 3 heterocycles. The predicted octanol–water partition coefficient (Wildman–Crippen LogP) is 5.69. The topological polar surface area (TPSA) is 78.5 Å². The zero-order valence-corrected chi connectivity index (χ0v) is 25.6. The van der Waals surface area contributed by atoms with Crippen molar-refractivity contribution >= 4 is 23.4 Å². The van der Waals surface area contributed by atoms with Crippen molar-refractivity contribution in [3.05, 3.63) is 138 Å². The molecule has 0 saturated heterocycles. The van der Waals surface area contributed by atoms with Crippen LogP contribution in [0.2, 0.25) is 0 Å². The van der Waals surface area contributed by atoms with Crippen molar-refractivity contribution in [3.63, 3.8) is 0 Å². The maximum absolute atomic E-state index is 14.2. The van der Waals surface area contributed by atoms with E-state index in [-0.39, 0.29) is 5.56 Å². The van der Waals surface area contributed by atoms with Gasteiger partial charge in [0.05, 0.1) is 40.3 Å². The molecule has 7 nitrogen and oxygen atoms in total. The fourth-order valence-electron chi connectivity index (χ4n) is 5.35. The number of para-hydroxylation sites is 1. The van der Waals surface area contributed by atoms with Gasteiger partial charge in [-0.1, -0.05) is 97.5 Å². The molecule has 216 valence electrons. The van der Waals surface area contributed by atoms with Crippen molar-refractivity contribution in [2.75, 3.05) is 7.11 Å². The van der Waals surface area contributed by atoms with E-state index >= 15 is 0 Å². The third kappa shape index (κ3) is 5.30. The molecule has 3 aromatic carbocycles. The van der Waals surface area contributed by atoms with E-state index in [1.165, 1.54) is 24.0 Å². The van der Waals surface area contributed by atoms with Crippen LogP contribution in [-0.4, -0.2) is 27.4 Å². The second-order valence-corrected chi connectivity index (χ2v) is 12.0. The number of aromatic nitrogens is 3. The van der Waals surface area contributed by atoms with E-state index in [0.717, 1.165) is 33.6 Å². The van der Waals surface area contributed by atoms with E-state index in [4.69, 9.17) is 14.8 Å². The van der Waals surface area contributed by atoms with Crippen LogP contribution in [0, 0.1) is 6.92 Å². The Bertz CT molecular complexity index is 2030. The third-order valence-electron chi connectivity index (χ3n) is 7.72. The lowest BCUT2D eigenvalue weighted by Gasteiger charge is -2.24. The van der Waals surface area contributed by atoms with Crippen molar-refractivity contribution in [2.24, 2.45) is 4.99 Å². The molecule has 1 aliphatic rings. The van der Waals surface area contributed by atoms with Crippen LogP contribution in [0.4, 0.5) is 0 Å². The van der Waals surface area contributed by atoms with Gasteiger partial charge in [0.25, 0.3) is 5.56 Å². The lowest BCUT2D eigenvalue weighted by molar-refractivity contribution is -0.136. The highest BCUT2D eigenvalue weighted by molar-refractivity contribution is 7.07. The second kappa shape index (κ2) is 11.5. The van der Waals surface area contributed by atoms with Crippen molar-refractivity contribution in [2.45, 2.75) is 39.7 Å². The van der Waals surface area contributed by atoms with Crippen molar-refractivity contribution in [1.29, 1.82) is 0 Å². The Balaban J connectivity index is 1.55. The molecule has 0 spiro atoms. The summed E-state index contributed by atoms with van der Waals surface area (Å²) in [5.41, 5.74) is 7.26. The minimum absolute atomic E-state index is 0.224. The number of ether oxygens (including phenoxy) is 1. The molecule has 8 heteroatoms. The standard InChI is InChI=1S/C35H32N4O3S/c1-21(2)24-15-17-26(18-16-24)32-30(34(41)42-5)23(4)36-35-39(32)33(40)29(43-35)19-27-20-38(28-9-7-6-8-10-28)37-31(27)25-13-11-22(3)12-14-25/h6-21,32H,1-5H3/b29-19-. The highest BCUT2D eigenvalue weighted by Crippen LogP contribution is 2.31. The normalized spacial score (nSPS) is 15.0. The molecular formula is C35H32N4O3S. The summed E-state index contributed by atoms with van der Waals surface area (Å²) in [6.07, 6.45) is 3.82. The Morgan fingerprint density at radius 3 is 2.33 bits per heavy atom. The fraction of sp³-hybridized carbons (Fsp3) is 0.200. The zero-order valence-electron chi connectivity index (χ0n) is 24.7. The van der Waals surface area contributed by atoms with E-state index in [1.54, 1.807) is 11.5 Å². The second-order valence-electron chi connectivity index (χ2n) is 11.0. The Kier molecular flexibility index (Phi) is 7.54. The van der Waals surface area contributed by atoms with Crippen molar-refractivity contribution < 1.29 is 9.53 Å². The first-order valence-corrected chi connectivity index (χ1v) is 15.0. The molecule has 5 aromatic rings. The zero-order chi connectivity index (χ0) is 30.2. The van der Waals surface area contributed by atoms with Crippen molar-refractivity contribution in [3.8, 4) is 16.9 Å². The molecule has 1 aliphatic heterocycles. The molecule has 0 fully saturated rings. The van der Waals surface area contributed by atoms with Gasteiger partial charge in [0.2, 0.25) is 0 Å². The van der Waals surface area contributed by atoms with Crippen LogP contribution in [0.25, 0.3) is 23.0 Å². The predicted molar refractivity (Wildman–Crippen MR) is 170 cm³/mol. The van der Waals surface area contributed by atoms with E-state index in [1.807, 2.05) is 90.6 Å². The maximum atomic E-state index is 14.2. The Morgan fingerprint density at radius 1 is 0.977 bits per heavy atom. The van der Waals surface area contributed by atoms with Gasteiger partial charge in [-0.3, -0.25) is 9.36 Å². The van der Waals surface area contributed by atoms with Gasteiger partial charge in [-0.25, -0.2) is 14.5 Å². The van der Waals surface area contributed by atoms with Gasteiger partial charge < -0.3 is 4.74 Å². The first-order chi connectivity index (χ1) is 20.7. The lowest BCUT2D eigenvalue weighted by atomic mass is 9.93. The van der Waals surface area contributed by atoms with Crippen LogP contribution in [-0.2, 0) is 9.53 Å². The summed E-state index contributed by atoms with van der Waals surface area (Å²) in [5.74, 6) is -0.146. The van der Waals surface area contributed by atoms with Gasteiger partial charge in [0.1, 0.15) is 0 Å². The summed E-state index contributed by atoms with van der Waals surface area (Å²) in [5, 5.41) is 4.92. The largest absolute Gasteiger partial charge is 0.466 e. The maximum Gasteiger partial charge on any atom is 0.338 e. The van der Waals surface area contributed by atoms with Crippen LogP contribution in [0.3, 0.4) is 0 Å². The molecule has 43 heavy (non-hydrogen) atoms. The van der Waals surface area contributed by atoms with Crippen LogP contribution in [0.15, 0.2) is 106 Å². The number of hydrogen-bond acceptors (Lipinski definition) is 6. The number of benzene rings is 3. The van der Waals surface area contributed by atoms with Gasteiger partial charge in [0.15, 0.2) is 4.80 Å². The molecule has 6 rings (SSSR count). The number of rotatable bonds is 6. The quantitative estimate of drug-likeness (QED) is 0.239. The number of allylic oxidation sites excluding steroid dienone is 1. The molecule has 1 unspecified atom stereocenters. The lowest BCUT2D eigenvalue weighted by Crippen LogP contribution is -2.39. The highest BCUT2D eigenvalue weighted by atomic mass is 32.1. The first kappa shape index (κ1) is 28.3. The summed E-state index contributed by atoms with van der Waals surface area (Å²) in [6.45, 7) is 8.10. The molecule has 0 aliphatic carbocycles. The summed E-state index contributed by atoms with van der Waals surface area (Å²) in [7, 11) is 1.35. The van der Waals surface area contributed by atoms with Crippen LogP contribution >= 0.6 is 11.3 Å². The number of fused-ring (bicyclic) bond motifs is 1. The van der Waals surface area contributed by atoms with Gasteiger partial charge in [-0.05, 0) is 49.1 Å². The average molecular weight is 589 g/mol. The number of thiazole rings is 1. The summed E-state index contributed by atoms with van der Waals surface area (Å²) in [6, 6.07) is 25.5. The molecule has 0 bridgehead atoms. The Morgan fingerprint density at radius 2 is 1.67 bits per heavy atom. The summed E-state index contributed by atoms with van der Waals surface area (Å²) < 4.78 is 9.11. The molecule has 1 atom stereocenters. The molecule has 0 N–H and O–H groups in total.